The van der Waals surface area contributed by atoms with E-state index in [0.717, 1.165) is 25.4 Å². The Kier molecular flexibility index (Phi) is 4.38. The molecular weight excluding hydrogens is 314 g/mol. The highest BCUT2D eigenvalue weighted by Gasteiger charge is 2.33. The van der Waals surface area contributed by atoms with Gasteiger partial charge < -0.3 is 4.90 Å². The Morgan fingerprint density at radius 1 is 0.960 bits per heavy atom. The van der Waals surface area contributed by atoms with E-state index in [-0.39, 0.29) is 11.5 Å². The maximum absolute atomic E-state index is 12.9. The second-order valence-corrected chi connectivity index (χ2v) is 7.15. The van der Waals surface area contributed by atoms with Crippen molar-refractivity contribution >= 4 is 5.91 Å². The number of likely N-dealkylation sites (tertiary alicyclic amines) is 1. The third-order valence-corrected chi connectivity index (χ3v) is 5.60. The summed E-state index contributed by atoms with van der Waals surface area (Å²) >= 11 is 0. The van der Waals surface area contributed by atoms with E-state index in [1.165, 1.54) is 36.4 Å². The van der Waals surface area contributed by atoms with Crippen molar-refractivity contribution in [1.82, 2.24) is 14.7 Å². The van der Waals surface area contributed by atoms with E-state index in [2.05, 4.69) is 5.10 Å². The molecule has 1 aliphatic carbocycles. The fraction of sp³-hybridized carbons (Fsp3) is 0.450. The van der Waals surface area contributed by atoms with Gasteiger partial charge in [0.05, 0.1) is 5.69 Å². The highest BCUT2D eigenvalue weighted by Crippen LogP contribution is 2.36. The van der Waals surface area contributed by atoms with Crippen molar-refractivity contribution < 1.29 is 4.79 Å². The van der Waals surface area contributed by atoms with Crippen LogP contribution in [0.3, 0.4) is 0 Å². The Bertz CT molecular complexity index is 815. The van der Waals surface area contributed by atoms with Gasteiger partial charge in [-0.3, -0.25) is 9.59 Å². The molecule has 2 aromatic rings. The maximum atomic E-state index is 12.9. The molecule has 130 valence electrons. The van der Waals surface area contributed by atoms with Crippen LogP contribution in [0.1, 0.15) is 42.6 Å². The lowest BCUT2D eigenvalue weighted by Gasteiger charge is -2.41. The van der Waals surface area contributed by atoms with Gasteiger partial charge in [0.1, 0.15) is 5.69 Å². The van der Waals surface area contributed by atoms with Gasteiger partial charge in [-0.1, -0.05) is 37.5 Å². The molecule has 0 radical (unpaired) electrons. The van der Waals surface area contributed by atoms with Crippen molar-refractivity contribution in [1.29, 1.82) is 0 Å². The lowest BCUT2D eigenvalue weighted by Crippen LogP contribution is -2.45. The van der Waals surface area contributed by atoms with E-state index in [9.17, 15) is 9.59 Å². The van der Waals surface area contributed by atoms with E-state index < -0.39 is 0 Å². The van der Waals surface area contributed by atoms with E-state index in [0.29, 0.717) is 17.3 Å². The van der Waals surface area contributed by atoms with Crippen molar-refractivity contribution in [2.45, 2.75) is 32.1 Å². The zero-order valence-corrected chi connectivity index (χ0v) is 14.3. The van der Waals surface area contributed by atoms with Gasteiger partial charge in [-0.15, -0.1) is 0 Å². The van der Waals surface area contributed by atoms with Crippen LogP contribution in [0.25, 0.3) is 5.69 Å². The van der Waals surface area contributed by atoms with Crippen LogP contribution >= 0.6 is 0 Å². The van der Waals surface area contributed by atoms with Crippen LogP contribution < -0.4 is 5.56 Å². The van der Waals surface area contributed by atoms with Gasteiger partial charge >= 0.3 is 0 Å². The van der Waals surface area contributed by atoms with Crippen LogP contribution in [0.15, 0.2) is 47.3 Å². The number of fused-ring (bicyclic) bond motifs is 1. The Morgan fingerprint density at radius 2 is 1.72 bits per heavy atom. The molecule has 1 saturated heterocycles. The van der Waals surface area contributed by atoms with E-state index in [1.54, 1.807) is 6.07 Å². The maximum Gasteiger partial charge on any atom is 0.274 e. The average Bonchev–Trinajstić information content (AvgIpc) is 2.68. The van der Waals surface area contributed by atoms with Gasteiger partial charge in [-0.05, 0) is 42.9 Å². The number of hydrogen-bond acceptors (Lipinski definition) is 3. The number of hydrogen-bond donors (Lipinski definition) is 0. The van der Waals surface area contributed by atoms with Crippen LogP contribution in [0.2, 0.25) is 0 Å². The molecule has 2 heterocycles. The predicted molar refractivity (Wildman–Crippen MR) is 95.8 cm³/mol. The first-order valence-electron chi connectivity index (χ1n) is 9.17. The first kappa shape index (κ1) is 16.1. The Balaban J connectivity index is 1.57. The van der Waals surface area contributed by atoms with Gasteiger partial charge in [0.2, 0.25) is 0 Å². The number of para-hydroxylation sites is 1. The molecule has 0 bridgehead atoms. The van der Waals surface area contributed by atoms with E-state index >= 15 is 0 Å². The molecular formula is C20H23N3O2. The summed E-state index contributed by atoms with van der Waals surface area (Å²) in [4.78, 5) is 27.0. The molecule has 5 nitrogen and oxygen atoms in total. The quantitative estimate of drug-likeness (QED) is 0.847. The molecule has 4 rings (SSSR count). The molecule has 1 aromatic carbocycles. The molecule has 0 spiro atoms. The van der Waals surface area contributed by atoms with Crippen molar-refractivity contribution in [3.63, 3.8) is 0 Å². The monoisotopic (exact) mass is 337 g/mol. The molecule has 1 aliphatic heterocycles. The summed E-state index contributed by atoms with van der Waals surface area (Å²) in [5.41, 5.74) is 0.791. The smallest absolute Gasteiger partial charge is 0.274 e. The van der Waals surface area contributed by atoms with Crippen LogP contribution in [0, 0.1) is 11.8 Å². The van der Waals surface area contributed by atoms with Crippen molar-refractivity contribution in [3.8, 4) is 5.69 Å². The summed E-state index contributed by atoms with van der Waals surface area (Å²) in [6, 6.07) is 12.2. The van der Waals surface area contributed by atoms with Gasteiger partial charge in [0.15, 0.2) is 0 Å². The largest absolute Gasteiger partial charge is 0.337 e. The SMILES string of the molecule is O=C(c1ccc(=O)n(-c2ccccc2)n1)N1CC[C@H]2CCCC[C@@H]2C1. The summed E-state index contributed by atoms with van der Waals surface area (Å²) in [5, 5.41) is 4.33. The minimum absolute atomic E-state index is 0.0614. The van der Waals surface area contributed by atoms with E-state index in [4.69, 9.17) is 0 Å². The summed E-state index contributed by atoms with van der Waals surface area (Å²) in [6.45, 7) is 1.63. The molecule has 1 amide bonds. The molecule has 0 unspecified atom stereocenters. The second kappa shape index (κ2) is 6.82. The Morgan fingerprint density at radius 3 is 2.52 bits per heavy atom. The minimum atomic E-state index is -0.228. The molecule has 1 saturated carbocycles. The fourth-order valence-electron chi connectivity index (χ4n) is 4.23. The van der Waals surface area contributed by atoms with Gasteiger partial charge in [-0.25, -0.2) is 0 Å². The summed E-state index contributed by atoms with van der Waals surface area (Å²) in [5.74, 6) is 1.35. The molecule has 5 heteroatoms. The van der Waals surface area contributed by atoms with Crippen LogP contribution in [0.5, 0.6) is 0 Å². The summed E-state index contributed by atoms with van der Waals surface area (Å²) in [6.07, 6.45) is 6.24. The number of rotatable bonds is 2. The zero-order chi connectivity index (χ0) is 17.2. The van der Waals surface area contributed by atoms with Gasteiger partial charge in [0.25, 0.3) is 11.5 Å². The van der Waals surface area contributed by atoms with Crippen LogP contribution in [-0.2, 0) is 0 Å². The predicted octanol–water partition coefficient (Wildman–Crippen LogP) is 2.88. The number of piperidine rings is 1. The molecule has 2 aliphatic rings. The molecule has 2 fully saturated rings. The normalized spacial score (nSPS) is 23.1. The lowest BCUT2D eigenvalue weighted by atomic mass is 9.75. The number of nitrogens with zero attached hydrogens (tertiary/aromatic N) is 3. The number of carbonyl (C=O) groups is 1. The van der Waals surface area contributed by atoms with Gasteiger partial charge in [-0.2, -0.15) is 9.78 Å². The fourth-order valence-corrected chi connectivity index (χ4v) is 4.23. The average molecular weight is 337 g/mol. The first-order valence-corrected chi connectivity index (χ1v) is 9.17. The topological polar surface area (TPSA) is 55.2 Å². The second-order valence-electron chi connectivity index (χ2n) is 7.15. The summed E-state index contributed by atoms with van der Waals surface area (Å²) < 4.78 is 1.31. The highest BCUT2D eigenvalue weighted by atomic mass is 16.2. The third kappa shape index (κ3) is 3.23. The van der Waals surface area contributed by atoms with Crippen molar-refractivity contribution in [3.05, 3.63) is 58.5 Å². The van der Waals surface area contributed by atoms with Crippen LogP contribution in [0.4, 0.5) is 0 Å². The number of benzene rings is 1. The van der Waals surface area contributed by atoms with Crippen molar-refractivity contribution in [2.75, 3.05) is 13.1 Å². The molecule has 2 atom stereocenters. The highest BCUT2D eigenvalue weighted by molar-refractivity contribution is 5.92. The Labute approximate surface area is 147 Å². The third-order valence-electron chi connectivity index (χ3n) is 5.60. The Hall–Kier alpha value is -2.43. The van der Waals surface area contributed by atoms with Gasteiger partial charge in [0, 0.05) is 19.2 Å². The number of aromatic nitrogens is 2. The van der Waals surface area contributed by atoms with Crippen LogP contribution in [-0.4, -0.2) is 33.7 Å². The summed E-state index contributed by atoms with van der Waals surface area (Å²) in [7, 11) is 0. The number of amides is 1. The minimum Gasteiger partial charge on any atom is -0.337 e. The molecule has 1 aromatic heterocycles. The first-order chi connectivity index (χ1) is 12.2. The van der Waals surface area contributed by atoms with E-state index in [1.807, 2.05) is 35.2 Å². The molecule has 0 N–H and O–H groups in total. The number of carbonyl (C=O) groups excluding carboxylic acids is 1. The van der Waals surface area contributed by atoms with Crippen molar-refractivity contribution in [2.24, 2.45) is 11.8 Å². The lowest BCUT2D eigenvalue weighted by molar-refractivity contribution is 0.0513. The zero-order valence-electron chi connectivity index (χ0n) is 14.3. The molecule has 25 heavy (non-hydrogen) atoms. The standard InChI is InChI=1S/C20H23N3O2/c24-19-11-10-18(21-23(19)17-8-2-1-3-9-17)20(25)22-13-12-15-6-4-5-7-16(15)14-22/h1-3,8-11,15-16H,4-7,12-14H2/t15-,16-/m1/s1.